The summed E-state index contributed by atoms with van der Waals surface area (Å²) in [7, 11) is 1.31. The molecule has 19 heavy (non-hydrogen) atoms. The van der Waals surface area contributed by atoms with Crippen molar-refractivity contribution in [1.29, 1.82) is 0 Å². The van der Waals surface area contributed by atoms with Crippen molar-refractivity contribution in [2.75, 3.05) is 13.7 Å². The van der Waals surface area contributed by atoms with Gasteiger partial charge in [0.2, 0.25) is 11.7 Å². The van der Waals surface area contributed by atoms with Gasteiger partial charge in [-0.25, -0.2) is 4.79 Å². The van der Waals surface area contributed by atoms with Crippen molar-refractivity contribution in [2.45, 2.75) is 31.5 Å². The average molecular weight is 264 g/mol. The van der Waals surface area contributed by atoms with Crippen molar-refractivity contribution >= 4 is 11.9 Å². The van der Waals surface area contributed by atoms with Crippen LogP contribution in [0.4, 0.5) is 0 Å². The van der Waals surface area contributed by atoms with Gasteiger partial charge < -0.3 is 14.5 Å². The van der Waals surface area contributed by atoms with Gasteiger partial charge in [0.25, 0.3) is 0 Å². The van der Waals surface area contributed by atoms with Crippen molar-refractivity contribution in [2.24, 2.45) is 0 Å². The second-order valence-corrected chi connectivity index (χ2v) is 4.86. The topological polar surface area (TPSA) is 71.8 Å². The van der Waals surface area contributed by atoms with E-state index in [-0.39, 0.29) is 23.9 Å². The maximum Gasteiger partial charge on any atom is 0.374 e. The Labute approximate surface area is 110 Å². The molecular formula is C13H16N2O4. The van der Waals surface area contributed by atoms with Gasteiger partial charge in [-0.2, -0.15) is 0 Å². The summed E-state index contributed by atoms with van der Waals surface area (Å²) >= 11 is 0. The second-order valence-electron chi connectivity index (χ2n) is 4.86. The highest BCUT2D eigenvalue weighted by molar-refractivity contribution is 5.89. The van der Waals surface area contributed by atoms with Gasteiger partial charge in [0.1, 0.15) is 6.17 Å². The number of amides is 1. The number of hydrogen-bond acceptors (Lipinski definition) is 5. The molecule has 2 saturated heterocycles. The van der Waals surface area contributed by atoms with Crippen LogP contribution in [0.15, 0.2) is 16.7 Å². The zero-order valence-corrected chi connectivity index (χ0v) is 10.7. The largest absolute Gasteiger partial charge is 0.463 e. The number of furan rings is 1. The van der Waals surface area contributed by atoms with Crippen LogP contribution >= 0.6 is 0 Å². The Hall–Kier alpha value is -1.82. The Morgan fingerprint density at radius 3 is 3.16 bits per heavy atom. The van der Waals surface area contributed by atoms with Gasteiger partial charge >= 0.3 is 5.97 Å². The van der Waals surface area contributed by atoms with E-state index < -0.39 is 5.97 Å². The third-order valence-electron chi connectivity index (χ3n) is 3.82. The monoisotopic (exact) mass is 264 g/mol. The lowest BCUT2D eigenvalue weighted by Crippen LogP contribution is -2.38. The first-order chi connectivity index (χ1) is 9.22. The fraction of sp³-hybridized carbons (Fsp3) is 0.538. The van der Waals surface area contributed by atoms with E-state index in [1.807, 2.05) is 0 Å². The van der Waals surface area contributed by atoms with E-state index in [1.54, 1.807) is 6.07 Å². The van der Waals surface area contributed by atoms with Gasteiger partial charge in [-0.15, -0.1) is 0 Å². The van der Waals surface area contributed by atoms with Crippen LogP contribution in [-0.2, 0) is 9.53 Å². The summed E-state index contributed by atoms with van der Waals surface area (Å²) in [6.07, 6.45) is 4.16. The molecule has 1 N–H and O–H groups in total. The number of rotatable bonds is 2. The molecule has 102 valence electrons. The van der Waals surface area contributed by atoms with Crippen LogP contribution in [0.1, 0.15) is 41.5 Å². The highest BCUT2D eigenvalue weighted by Crippen LogP contribution is 2.34. The normalized spacial score (nSPS) is 26.9. The molecule has 1 aromatic rings. The van der Waals surface area contributed by atoms with Gasteiger partial charge in [0.15, 0.2) is 0 Å². The fourth-order valence-electron chi connectivity index (χ4n) is 2.91. The predicted molar refractivity (Wildman–Crippen MR) is 65.3 cm³/mol. The number of ether oxygens (including phenoxy) is 1. The first-order valence-electron chi connectivity index (χ1n) is 6.44. The standard InChI is InChI=1S/C13H16N2O4/c1-18-13(17)10-8(5-7-19-10)11-14-12(16)9-4-2-3-6-15(9)11/h5,7,9,11H,2-4,6H2,1H3,(H,14,16)/t9-,11+/m1/s1. The van der Waals surface area contributed by atoms with Gasteiger partial charge in [0.05, 0.1) is 19.4 Å². The molecule has 3 heterocycles. The molecule has 6 heteroatoms. The van der Waals surface area contributed by atoms with E-state index in [1.165, 1.54) is 13.4 Å². The molecule has 3 rings (SSSR count). The molecule has 0 saturated carbocycles. The molecular weight excluding hydrogens is 248 g/mol. The number of carbonyl (C=O) groups is 2. The van der Waals surface area contributed by atoms with Gasteiger partial charge in [0, 0.05) is 12.1 Å². The van der Waals surface area contributed by atoms with Gasteiger partial charge in [-0.3, -0.25) is 9.69 Å². The molecule has 0 bridgehead atoms. The molecule has 2 atom stereocenters. The molecule has 6 nitrogen and oxygen atoms in total. The van der Waals surface area contributed by atoms with Crippen LogP contribution < -0.4 is 5.32 Å². The highest BCUT2D eigenvalue weighted by Gasteiger charge is 2.43. The lowest BCUT2D eigenvalue weighted by Gasteiger charge is -2.31. The number of methoxy groups -OCH3 is 1. The minimum Gasteiger partial charge on any atom is -0.463 e. The van der Waals surface area contributed by atoms with Crippen molar-refractivity contribution in [1.82, 2.24) is 10.2 Å². The molecule has 0 spiro atoms. The molecule has 2 fully saturated rings. The first kappa shape index (κ1) is 12.2. The Balaban J connectivity index is 1.92. The van der Waals surface area contributed by atoms with Crippen LogP contribution in [0, 0.1) is 0 Å². The maximum atomic E-state index is 12.0. The van der Waals surface area contributed by atoms with Crippen LogP contribution in [0.2, 0.25) is 0 Å². The fourth-order valence-corrected chi connectivity index (χ4v) is 2.91. The molecule has 1 aromatic heterocycles. The van der Waals surface area contributed by atoms with E-state index in [0.29, 0.717) is 5.56 Å². The Morgan fingerprint density at radius 1 is 1.53 bits per heavy atom. The van der Waals surface area contributed by atoms with Crippen molar-refractivity contribution in [3.63, 3.8) is 0 Å². The minimum absolute atomic E-state index is 0.0294. The smallest absolute Gasteiger partial charge is 0.374 e. The summed E-state index contributed by atoms with van der Waals surface area (Å²) in [4.78, 5) is 25.7. The van der Waals surface area contributed by atoms with Crippen LogP contribution in [0.25, 0.3) is 0 Å². The Morgan fingerprint density at radius 2 is 2.37 bits per heavy atom. The van der Waals surface area contributed by atoms with E-state index in [0.717, 1.165) is 25.8 Å². The zero-order valence-electron chi connectivity index (χ0n) is 10.7. The summed E-state index contributed by atoms with van der Waals surface area (Å²) in [5.74, 6) is -0.324. The lowest BCUT2D eigenvalue weighted by atomic mass is 10.0. The minimum atomic E-state index is -0.519. The van der Waals surface area contributed by atoms with Crippen LogP contribution in [0.3, 0.4) is 0 Å². The number of piperidine rings is 1. The second kappa shape index (κ2) is 4.70. The van der Waals surface area contributed by atoms with E-state index in [2.05, 4.69) is 10.2 Å². The molecule has 0 radical (unpaired) electrons. The molecule has 2 aliphatic heterocycles. The summed E-state index contributed by atoms with van der Waals surface area (Å²) in [5.41, 5.74) is 0.671. The number of nitrogens with one attached hydrogen (secondary N) is 1. The summed E-state index contributed by atoms with van der Waals surface area (Å²) in [6.45, 7) is 0.847. The summed E-state index contributed by atoms with van der Waals surface area (Å²) in [6, 6.07) is 1.63. The van der Waals surface area contributed by atoms with E-state index in [9.17, 15) is 9.59 Å². The van der Waals surface area contributed by atoms with E-state index >= 15 is 0 Å². The van der Waals surface area contributed by atoms with Gasteiger partial charge in [-0.1, -0.05) is 6.42 Å². The Bertz CT molecular complexity index is 510. The maximum absolute atomic E-state index is 12.0. The number of fused-ring (bicyclic) bond motifs is 1. The molecule has 0 unspecified atom stereocenters. The third-order valence-corrected chi connectivity index (χ3v) is 3.82. The van der Waals surface area contributed by atoms with Crippen LogP contribution in [-0.4, -0.2) is 36.5 Å². The first-order valence-corrected chi connectivity index (χ1v) is 6.44. The summed E-state index contributed by atoms with van der Waals surface area (Å²) < 4.78 is 9.89. The quantitative estimate of drug-likeness (QED) is 0.808. The molecule has 0 aromatic carbocycles. The van der Waals surface area contributed by atoms with Crippen molar-refractivity contribution in [3.05, 3.63) is 23.7 Å². The molecule has 0 aliphatic carbocycles. The number of carbonyl (C=O) groups excluding carboxylic acids is 2. The van der Waals surface area contributed by atoms with Crippen molar-refractivity contribution < 1.29 is 18.7 Å². The van der Waals surface area contributed by atoms with Crippen LogP contribution in [0.5, 0.6) is 0 Å². The van der Waals surface area contributed by atoms with Crippen molar-refractivity contribution in [3.8, 4) is 0 Å². The number of esters is 1. The zero-order chi connectivity index (χ0) is 13.4. The number of nitrogens with zero attached hydrogens (tertiary/aromatic N) is 1. The Kier molecular flexibility index (Phi) is 3.02. The molecule has 1 amide bonds. The number of hydrogen-bond donors (Lipinski definition) is 1. The van der Waals surface area contributed by atoms with Gasteiger partial charge in [-0.05, 0) is 18.9 Å². The SMILES string of the molecule is COC(=O)c1occc1[C@H]1NC(=O)[C@H]2CCCCN21. The molecule has 2 aliphatic rings. The lowest BCUT2D eigenvalue weighted by molar-refractivity contribution is -0.122. The predicted octanol–water partition coefficient (Wildman–Crippen LogP) is 1.05. The summed E-state index contributed by atoms with van der Waals surface area (Å²) in [5, 5.41) is 2.94. The average Bonchev–Trinajstić information content (AvgIpc) is 3.03. The van der Waals surface area contributed by atoms with E-state index in [4.69, 9.17) is 9.15 Å². The highest BCUT2D eigenvalue weighted by atomic mass is 16.5. The third kappa shape index (κ3) is 1.92.